The molecule has 0 aliphatic carbocycles. The van der Waals surface area contributed by atoms with Gasteiger partial charge in [-0.15, -0.1) is 0 Å². The normalized spacial score (nSPS) is 12.0. The minimum absolute atomic E-state index is 0.316. The first kappa shape index (κ1) is 21.4. The summed E-state index contributed by atoms with van der Waals surface area (Å²) in [6.07, 6.45) is 13.4. The summed E-state index contributed by atoms with van der Waals surface area (Å²) in [5, 5.41) is 15.9. The fourth-order valence-corrected chi connectivity index (χ4v) is 1.71. The van der Waals surface area contributed by atoms with E-state index in [9.17, 15) is 4.39 Å². The average Bonchev–Trinajstić information content (AvgIpc) is 2.40. The molecule has 0 rings (SSSR count). The fourth-order valence-electron chi connectivity index (χ4n) is 1.71. The maximum atomic E-state index is 12.6. The van der Waals surface area contributed by atoms with Crippen LogP contribution in [0.1, 0.15) is 71.6 Å². The summed E-state index contributed by atoms with van der Waals surface area (Å²) >= 11 is 0. The molecule has 0 aromatic heterocycles. The standard InChI is InChI=1S/C14H27FO.C2H4O2/c1-2-3-4-5-6-7-8-9-10-11-12-14(15)13-16;1-2(3)4/h3-4,14,16H,2,5-13H2,1H3;1H3,(H,3,4). The molecule has 0 aliphatic heterocycles. The van der Waals surface area contributed by atoms with E-state index >= 15 is 0 Å². The highest BCUT2D eigenvalue weighted by molar-refractivity contribution is 5.62. The summed E-state index contributed by atoms with van der Waals surface area (Å²) in [6.45, 7) is 2.92. The molecule has 0 aromatic carbocycles. The molecule has 20 heavy (non-hydrogen) atoms. The van der Waals surface area contributed by atoms with Crippen molar-refractivity contribution in [2.45, 2.75) is 77.8 Å². The van der Waals surface area contributed by atoms with Gasteiger partial charge in [-0.3, -0.25) is 4.79 Å². The zero-order chi connectivity index (χ0) is 15.6. The number of rotatable bonds is 11. The highest BCUT2D eigenvalue weighted by Gasteiger charge is 2.02. The fraction of sp³-hybridized carbons (Fsp3) is 0.812. The second-order valence-corrected chi connectivity index (χ2v) is 4.88. The molecule has 0 aliphatic rings. The summed E-state index contributed by atoms with van der Waals surface area (Å²) in [6, 6.07) is 0. The number of hydrogen-bond donors (Lipinski definition) is 2. The third kappa shape index (κ3) is 25.8. The van der Waals surface area contributed by atoms with Crippen LogP contribution in [-0.4, -0.2) is 29.0 Å². The molecular formula is C16H31FO3. The molecule has 0 amide bonds. The van der Waals surface area contributed by atoms with Gasteiger partial charge in [0.1, 0.15) is 6.17 Å². The van der Waals surface area contributed by atoms with Crippen molar-refractivity contribution in [2.75, 3.05) is 6.61 Å². The summed E-state index contributed by atoms with van der Waals surface area (Å²) in [5.74, 6) is -0.833. The number of carbonyl (C=O) groups is 1. The zero-order valence-electron chi connectivity index (χ0n) is 13.0. The third-order valence-electron chi connectivity index (χ3n) is 2.74. The molecule has 4 heteroatoms. The highest BCUT2D eigenvalue weighted by Crippen LogP contribution is 2.11. The molecule has 3 nitrogen and oxygen atoms in total. The van der Waals surface area contributed by atoms with Gasteiger partial charge in [0.15, 0.2) is 0 Å². The number of unbranched alkanes of at least 4 members (excludes halogenated alkanes) is 6. The molecule has 120 valence electrons. The summed E-state index contributed by atoms with van der Waals surface area (Å²) in [7, 11) is 0. The van der Waals surface area contributed by atoms with Crippen LogP contribution < -0.4 is 0 Å². The number of aliphatic hydroxyl groups excluding tert-OH is 1. The molecule has 0 aromatic rings. The zero-order valence-corrected chi connectivity index (χ0v) is 13.0. The van der Waals surface area contributed by atoms with E-state index in [1.807, 2.05) is 0 Å². The molecule has 1 atom stereocenters. The molecule has 0 spiro atoms. The maximum Gasteiger partial charge on any atom is 0.300 e. The second-order valence-electron chi connectivity index (χ2n) is 4.88. The lowest BCUT2D eigenvalue weighted by atomic mass is 10.1. The SMILES string of the molecule is CC(=O)O.CCC=CCCCCCCCCC(F)CO. The number of hydrogen-bond acceptors (Lipinski definition) is 2. The van der Waals surface area contributed by atoms with E-state index in [2.05, 4.69) is 19.1 Å². The topological polar surface area (TPSA) is 57.5 Å². The van der Waals surface area contributed by atoms with Crippen molar-refractivity contribution in [1.29, 1.82) is 0 Å². The van der Waals surface area contributed by atoms with Gasteiger partial charge in [-0.2, -0.15) is 0 Å². The number of aliphatic hydroxyl groups is 1. The van der Waals surface area contributed by atoms with Crippen molar-refractivity contribution in [2.24, 2.45) is 0 Å². The predicted octanol–water partition coefficient (Wildman–Crippen LogP) is 4.49. The van der Waals surface area contributed by atoms with E-state index in [1.165, 1.54) is 32.1 Å². The first-order valence-electron chi connectivity index (χ1n) is 7.64. The van der Waals surface area contributed by atoms with Crippen LogP contribution in [0, 0.1) is 0 Å². The molecule has 0 fully saturated rings. The highest BCUT2D eigenvalue weighted by atomic mass is 19.1. The number of allylic oxidation sites excluding steroid dienone is 2. The van der Waals surface area contributed by atoms with Crippen molar-refractivity contribution in [3.05, 3.63) is 12.2 Å². The van der Waals surface area contributed by atoms with Crippen LogP contribution in [0.2, 0.25) is 0 Å². The van der Waals surface area contributed by atoms with Gasteiger partial charge in [0.25, 0.3) is 5.97 Å². The molecule has 2 N–H and O–H groups in total. The van der Waals surface area contributed by atoms with E-state index in [4.69, 9.17) is 15.0 Å². The van der Waals surface area contributed by atoms with Crippen LogP contribution in [0.5, 0.6) is 0 Å². The lowest BCUT2D eigenvalue weighted by Gasteiger charge is -2.03. The molecule has 0 radical (unpaired) electrons. The Hall–Kier alpha value is -0.900. The summed E-state index contributed by atoms with van der Waals surface area (Å²) in [5.41, 5.74) is 0. The molecule has 0 saturated heterocycles. The van der Waals surface area contributed by atoms with Gasteiger partial charge in [-0.05, 0) is 25.7 Å². The Kier molecular flexibility index (Phi) is 19.4. The Morgan fingerprint density at radius 3 is 2.10 bits per heavy atom. The van der Waals surface area contributed by atoms with E-state index in [0.29, 0.717) is 6.42 Å². The van der Waals surface area contributed by atoms with Gasteiger partial charge < -0.3 is 10.2 Å². The monoisotopic (exact) mass is 290 g/mol. The minimum atomic E-state index is -1.00. The van der Waals surface area contributed by atoms with Crippen LogP contribution in [0.15, 0.2) is 12.2 Å². The van der Waals surface area contributed by atoms with Crippen molar-refractivity contribution in [3.8, 4) is 0 Å². The van der Waals surface area contributed by atoms with Crippen molar-refractivity contribution < 1.29 is 19.4 Å². The van der Waals surface area contributed by atoms with Crippen molar-refractivity contribution >= 4 is 5.97 Å². The van der Waals surface area contributed by atoms with Crippen LogP contribution in [0.25, 0.3) is 0 Å². The predicted molar refractivity (Wildman–Crippen MR) is 81.7 cm³/mol. The molecule has 1 unspecified atom stereocenters. The first-order valence-corrected chi connectivity index (χ1v) is 7.64. The Labute approximate surface area is 122 Å². The van der Waals surface area contributed by atoms with Crippen LogP contribution in [0.3, 0.4) is 0 Å². The van der Waals surface area contributed by atoms with Gasteiger partial charge in [0.2, 0.25) is 0 Å². The largest absolute Gasteiger partial charge is 0.481 e. The molecular weight excluding hydrogens is 259 g/mol. The minimum Gasteiger partial charge on any atom is -0.481 e. The lowest BCUT2D eigenvalue weighted by molar-refractivity contribution is -0.134. The smallest absolute Gasteiger partial charge is 0.300 e. The van der Waals surface area contributed by atoms with Crippen molar-refractivity contribution in [1.82, 2.24) is 0 Å². The Morgan fingerprint density at radius 1 is 1.10 bits per heavy atom. The molecule has 0 saturated carbocycles. The Balaban J connectivity index is 0. The molecule has 0 heterocycles. The van der Waals surface area contributed by atoms with Crippen LogP contribution in [0.4, 0.5) is 4.39 Å². The Bertz CT molecular complexity index is 226. The van der Waals surface area contributed by atoms with Gasteiger partial charge in [0, 0.05) is 6.92 Å². The van der Waals surface area contributed by atoms with Gasteiger partial charge in [-0.25, -0.2) is 4.39 Å². The average molecular weight is 290 g/mol. The Morgan fingerprint density at radius 2 is 1.60 bits per heavy atom. The summed E-state index contributed by atoms with van der Waals surface area (Å²) in [4.78, 5) is 9.00. The molecule has 0 bridgehead atoms. The van der Waals surface area contributed by atoms with Crippen molar-refractivity contribution in [3.63, 3.8) is 0 Å². The number of carboxylic acid groups (broad SMARTS) is 1. The third-order valence-corrected chi connectivity index (χ3v) is 2.74. The van der Waals surface area contributed by atoms with Gasteiger partial charge in [0.05, 0.1) is 6.61 Å². The summed E-state index contributed by atoms with van der Waals surface area (Å²) < 4.78 is 12.6. The van der Waals surface area contributed by atoms with Crippen LogP contribution in [-0.2, 0) is 4.79 Å². The van der Waals surface area contributed by atoms with Gasteiger partial charge in [-0.1, -0.05) is 51.2 Å². The van der Waals surface area contributed by atoms with E-state index < -0.39 is 12.1 Å². The maximum absolute atomic E-state index is 12.6. The second kappa shape index (κ2) is 18.1. The quantitative estimate of drug-likeness (QED) is 0.435. The number of aliphatic carboxylic acids is 1. The van der Waals surface area contributed by atoms with Crippen LogP contribution >= 0.6 is 0 Å². The van der Waals surface area contributed by atoms with E-state index in [1.54, 1.807) is 0 Å². The number of carboxylic acids is 1. The number of halogens is 1. The van der Waals surface area contributed by atoms with Gasteiger partial charge >= 0.3 is 0 Å². The lowest BCUT2D eigenvalue weighted by Crippen LogP contribution is -2.04. The van der Waals surface area contributed by atoms with E-state index in [0.717, 1.165) is 26.2 Å². The van der Waals surface area contributed by atoms with E-state index in [-0.39, 0.29) is 6.61 Å². The first-order chi connectivity index (χ1) is 9.54. The number of alkyl halides is 1.